The van der Waals surface area contributed by atoms with Crippen molar-refractivity contribution in [1.29, 1.82) is 0 Å². The largest absolute Gasteiger partial charge is 0.310 e. The Morgan fingerprint density at radius 2 is 1.08 bits per heavy atom. The highest BCUT2D eigenvalue weighted by molar-refractivity contribution is 5.88. The van der Waals surface area contributed by atoms with E-state index in [1.54, 1.807) is 5.56 Å². The van der Waals surface area contributed by atoms with E-state index in [9.17, 15) is 0 Å². The molecule has 2 bridgehead atoms. The predicted octanol–water partition coefficient (Wildman–Crippen LogP) is 16.8. The van der Waals surface area contributed by atoms with Crippen molar-refractivity contribution < 1.29 is 0 Å². The summed E-state index contributed by atoms with van der Waals surface area (Å²) in [5.41, 5.74) is 19.1. The van der Waals surface area contributed by atoms with Crippen molar-refractivity contribution in [2.24, 2.45) is 11.8 Å². The third-order valence-electron chi connectivity index (χ3n) is 16.0. The maximum absolute atomic E-state index is 2.54. The van der Waals surface area contributed by atoms with E-state index < -0.39 is 0 Å². The first-order valence-corrected chi connectivity index (χ1v) is 23.5. The smallest absolute Gasteiger partial charge is 0.0467 e. The fourth-order valence-corrected chi connectivity index (χ4v) is 12.7. The molecular weight excluding hydrogens is 711 g/mol. The first-order chi connectivity index (χ1) is 29.0. The topological polar surface area (TPSA) is 3.24 Å². The van der Waals surface area contributed by atoms with Crippen molar-refractivity contribution in [3.05, 3.63) is 161 Å². The van der Waals surface area contributed by atoms with Gasteiger partial charge in [-0.15, -0.1) is 0 Å². The van der Waals surface area contributed by atoms with E-state index in [1.165, 1.54) is 163 Å². The highest BCUT2D eigenvalue weighted by atomic mass is 15.1. The fraction of sp³-hybridized carbons (Fsp3) is 0.379. The molecule has 1 nitrogen and oxygen atoms in total. The van der Waals surface area contributed by atoms with Gasteiger partial charge < -0.3 is 4.90 Å². The van der Waals surface area contributed by atoms with Crippen molar-refractivity contribution in [3.8, 4) is 33.4 Å². The molecule has 0 aliphatic heterocycles. The van der Waals surface area contributed by atoms with E-state index in [-0.39, 0.29) is 5.41 Å². The Labute approximate surface area is 353 Å². The Bertz CT molecular complexity index is 2460. The molecule has 0 saturated heterocycles. The Kier molecular flexibility index (Phi) is 9.63. The van der Waals surface area contributed by atoms with Crippen LogP contribution in [0.1, 0.15) is 149 Å². The summed E-state index contributed by atoms with van der Waals surface area (Å²) in [6.07, 6.45) is 19.2. The zero-order chi connectivity index (χ0) is 39.5. The average Bonchev–Trinajstić information content (AvgIpc) is 4.00. The van der Waals surface area contributed by atoms with Crippen LogP contribution in [0.25, 0.3) is 33.4 Å². The van der Waals surface area contributed by atoms with Gasteiger partial charge in [0.2, 0.25) is 0 Å². The van der Waals surface area contributed by atoms with Crippen LogP contribution in [-0.4, -0.2) is 0 Å². The molecule has 3 unspecified atom stereocenters. The number of rotatable bonds is 8. The highest BCUT2D eigenvalue weighted by Gasteiger charge is 2.40. The van der Waals surface area contributed by atoms with E-state index in [2.05, 4.69) is 152 Å². The van der Waals surface area contributed by atoms with Crippen LogP contribution in [0.2, 0.25) is 0 Å². The number of nitrogens with zero attached hydrogens (tertiary/aromatic N) is 1. The summed E-state index contributed by atoms with van der Waals surface area (Å²) >= 11 is 0. The molecule has 0 spiro atoms. The normalized spacial score (nSPS) is 22.3. The quantitative estimate of drug-likeness (QED) is 0.149. The summed E-state index contributed by atoms with van der Waals surface area (Å²) in [6.45, 7) is 4.88. The van der Waals surface area contributed by atoms with Crippen LogP contribution in [0.5, 0.6) is 0 Å². The molecule has 59 heavy (non-hydrogen) atoms. The lowest BCUT2D eigenvalue weighted by Gasteiger charge is -2.29. The number of benzene rings is 6. The molecule has 0 radical (unpaired) electrons. The Morgan fingerprint density at radius 3 is 1.81 bits per heavy atom. The Balaban J connectivity index is 0.961. The van der Waals surface area contributed by atoms with Crippen LogP contribution < -0.4 is 4.90 Å². The van der Waals surface area contributed by atoms with Gasteiger partial charge in [-0.2, -0.15) is 0 Å². The van der Waals surface area contributed by atoms with E-state index in [0.717, 1.165) is 23.7 Å². The summed E-state index contributed by atoms with van der Waals surface area (Å²) in [5, 5.41) is 0. The molecule has 11 rings (SSSR count). The van der Waals surface area contributed by atoms with Gasteiger partial charge in [-0.3, -0.25) is 0 Å². The molecule has 0 heterocycles. The summed E-state index contributed by atoms with van der Waals surface area (Å²) in [7, 11) is 0. The fourth-order valence-electron chi connectivity index (χ4n) is 12.7. The van der Waals surface area contributed by atoms with Gasteiger partial charge in [0.15, 0.2) is 0 Å². The van der Waals surface area contributed by atoms with Crippen LogP contribution in [0.15, 0.2) is 133 Å². The second-order valence-corrected chi connectivity index (χ2v) is 19.8. The number of anilines is 3. The third-order valence-corrected chi connectivity index (χ3v) is 16.0. The van der Waals surface area contributed by atoms with Crippen molar-refractivity contribution in [1.82, 2.24) is 0 Å². The second kappa shape index (κ2) is 15.3. The van der Waals surface area contributed by atoms with Crippen molar-refractivity contribution >= 4 is 17.1 Å². The van der Waals surface area contributed by atoms with Crippen molar-refractivity contribution in [3.63, 3.8) is 0 Å². The molecule has 6 aromatic carbocycles. The Morgan fingerprint density at radius 1 is 0.441 bits per heavy atom. The van der Waals surface area contributed by atoms with E-state index in [0.29, 0.717) is 5.92 Å². The number of hydrogen-bond donors (Lipinski definition) is 0. The summed E-state index contributed by atoms with van der Waals surface area (Å²) in [6, 6.07) is 52.6. The number of hydrogen-bond acceptors (Lipinski definition) is 1. The van der Waals surface area contributed by atoms with Crippen LogP contribution in [-0.2, 0) is 5.41 Å². The van der Waals surface area contributed by atoms with Crippen LogP contribution in [0, 0.1) is 11.8 Å². The number of fused-ring (bicyclic) bond motifs is 5. The van der Waals surface area contributed by atoms with E-state index in [4.69, 9.17) is 0 Å². The molecule has 0 aromatic heterocycles. The van der Waals surface area contributed by atoms with Gasteiger partial charge >= 0.3 is 0 Å². The summed E-state index contributed by atoms with van der Waals surface area (Å²) in [5.74, 6) is 3.95. The third kappa shape index (κ3) is 6.78. The zero-order valence-corrected chi connectivity index (χ0v) is 35.4. The van der Waals surface area contributed by atoms with E-state index in [1.807, 2.05) is 0 Å². The lowest BCUT2D eigenvalue weighted by Crippen LogP contribution is -2.17. The van der Waals surface area contributed by atoms with Crippen molar-refractivity contribution in [2.45, 2.75) is 127 Å². The monoisotopic (exact) mass is 771 g/mol. The Hall–Kier alpha value is -4.88. The van der Waals surface area contributed by atoms with Gasteiger partial charge in [0.05, 0.1) is 0 Å². The molecular formula is C58H61N. The lowest BCUT2D eigenvalue weighted by molar-refractivity contribution is 0.420. The first kappa shape index (κ1) is 37.1. The lowest BCUT2D eigenvalue weighted by atomic mass is 9.81. The maximum Gasteiger partial charge on any atom is 0.0467 e. The molecule has 3 atom stereocenters. The summed E-state index contributed by atoms with van der Waals surface area (Å²) in [4.78, 5) is 2.54. The molecule has 0 amide bonds. The molecule has 5 aliphatic rings. The minimum atomic E-state index is -0.128. The van der Waals surface area contributed by atoms with Crippen LogP contribution in [0.3, 0.4) is 0 Å². The van der Waals surface area contributed by atoms with Crippen LogP contribution in [0.4, 0.5) is 17.1 Å². The molecule has 6 aromatic rings. The zero-order valence-electron chi connectivity index (χ0n) is 35.4. The van der Waals surface area contributed by atoms with Gasteiger partial charge in [-0.05, 0) is 178 Å². The maximum atomic E-state index is 2.54. The minimum absolute atomic E-state index is 0.128. The van der Waals surface area contributed by atoms with Crippen LogP contribution >= 0.6 is 0 Å². The van der Waals surface area contributed by atoms with Gasteiger partial charge in [-0.1, -0.05) is 150 Å². The van der Waals surface area contributed by atoms with Gasteiger partial charge in [0, 0.05) is 22.5 Å². The molecule has 4 fully saturated rings. The SMILES string of the molecule is CC1(C)c2cc(-c3ccc(C4CCCCC4)cc3)ccc2-c2ccc(N(c3ccc(C4CC5CCC4C5)cc3)c3cccc(-c4ccccc4C4CCCCC4)c3)cc21. The van der Waals surface area contributed by atoms with Crippen molar-refractivity contribution in [2.75, 3.05) is 4.90 Å². The minimum Gasteiger partial charge on any atom is -0.310 e. The average molecular weight is 772 g/mol. The van der Waals surface area contributed by atoms with E-state index >= 15 is 0 Å². The predicted molar refractivity (Wildman–Crippen MR) is 249 cm³/mol. The van der Waals surface area contributed by atoms with Gasteiger partial charge in [0.1, 0.15) is 0 Å². The standard InChI is InChI=1S/C58H61N/c1-58(2)56-37-45(42-24-22-41(23-25-42)40-12-5-3-6-13-40)28-32-53(56)54-33-31-50(38-57(54)58)59(48-29-26-44(27-30-48)55-35-39-20-21-47(55)34-39)49-17-11-16-46(36-49)52-19-10-9-18-51(52)43-14-7-4-8-15-43/h9-11,16-19,22-33,36-40,43,47,55H,3-8,12-15,20-21,34-35H2,1-2H3. The summed E-state index contributed by atoms with van der Waals surface area (Å²) < 4.78 is 0. The first-order valence-electron chi connectivity index (χ1n) is 23.5. The van der Waals surface area contributed by atoms with Gasteiger partial charge in [-0.25, -0.2) is 0 Å². The molecule has 1 heteroatoms. The molecule has 5 aliphatic carbocycles. The molecule has 4 saturated carbocycles. The molecule has 0 N–H and O–H groups in total. The second-order valence-electron chi connectivity index (χ2n) is 19.8. The highest BCUT2D eigenvalue weighted by Crippen LogP contribution is 2.54. The van der Waals surface area contributed by atoms with Gasteiger partial charge in [0.25, 0.3) is 0 Å². The molecule has 298 valence electrons.